The number of aromatic nitrogens is 2. The lowest BCUT2D eigenvalue weighted by molar-refractivity contribution is 0.369. The molecule has 1 aromatic heterocycles. The molecular formula is C21H31N7. The highest BCUT2D eigenvalue weighted by molar-refractivity contribution is 5.80. The first-order chi connectivity index (χ1) is 13.7. The number of hydrogen-bond donors (Lipinski definition) is 1. The van der Waals surface area contributed by atoms with E-state index in [2.05, 4.69) is 75.1 Å². The van der Waals surface area contributed by atoms with Gasteiger partial charge in [0.25, 0.3) is 0 Å². The summed E-state index contributed by atoms with van der Waals surface area (Å²) in [6, 6.07) is 12.6. The van der Waals surface area contributed by atoms with Crippen LogP contribution in [0, 0.1) is 0 Å². The lowest BCUT2D eigenvalue weighted by Crippen LogP contribution is -2.53. The largest absolute Gasteiger partial charge is 0.370 e. The van der Waals surface area contributed by atoms with Gasteiger partial charge in [0.15, 0.2) is 5.96 Å². The Balaban J connectivity index is 1.58. The summed E-state index contributed by atoms with van der Waals surface area (Å²) < 4.78 is 0. The van der Waals surface area contributed by atoms with Gasteiger partial charge in [-0.1, -0.05) is 18.2 Å². The van der Waals surface area contributed by atoms with Crippen molar-refractivity contribution in [3.63, 3.8) is 0 Å². The summed E-state index contributed by atoms with van der Waals surface area (Å²) >= 11 is 0. The topological polar surface area (TPSA) is 59.9 Å². The normalized spacial score (nSPS) is 16.0. The van der Waals surface area contributed by atoms with Gasteiger partial charge in [0.1, 0.15) is 0 Å². The maximum absolute atomic E-state index is 4.92. The van der Waals surface area contributed by atoms with Gasteiger partial charge in [-0.05, 0) is 32.0 Å². The molecule has 1 aliphatic rings. The molecule has 1 fully saturated rings. The van der Waals surface area contributed by atoms with E-state index >= 15 is 0 Å². The van der Waals surface area contributed by atoms with Crippen molar-refractivity contribution in [2.24, 2.45) is 4.99 Å². The van der Waals surface area contributed by atoms with Crippen LogP contribution in [0.25, 0.3) is 0 Å². The quantitative estimate of drug-likeness (QED) is 0.611. The van der Waals surface area contributed by atoms with Gasteiger partial charge in [-0.15, -0.1) is 0 Å². The van der Waals surface area contributed by atoms with E-state index in [1.807, 2.05) is 12.1 Å². The van der Waals surface area contributed by atoms with Gasteiger partial charge in [-0.25, -0.2) is 9.97 Å². The Kier molecular flexibility index (Phi) is 7.06. The van der Waals surface area contributed by atoms with E-state index in [1.165, 1.54) is 5.69 Å². The average molecular weight is 382 g/mol. The third-order valence-corrected chi connectivity index (χ3v) is 5.08. The fourth-order valence-corrected chi connectivity index (χ4v) is 3.26. The summed E-state index contributed by atoms with van der Waals surface area (Å²) in [6.45, 7) is 9.55. The Morgan fingerprint density at radius 3 is 2.43 bits per heavy atom. The van der Waals surface area contributed by atoms with Crippen LogP contribution >= 0.6 is 0 Å². The fourth-order valence-electron chi connectivity index (χ4n) is 3.26. The van der Waals surface area contributed by atoms with E-state index in [4.69, 9.17) is 4.99 Å². The van der Waals surface area contributed by atoms with Gasteiger partial charge < -0.3 is 20.0 Å². The first-order valence-corrected chi connectivity index (χ1v) is 10.0. The molecular weight excluding hydrogens is 350 g/mol. The fraction of sp³-hybridized carbons (Fsp3) is 0.476. The zero-order valence-electron chi connectivity index (χ0n) is 17.1. The minimum atomic E-state index is 0.315. The smallest absolute Gasteiger partial charge is 0.225 e. The molecule has 0 amide bonds. The van der Waals surface area contributed by atoms with Crippen LogP contribution in [0.1, 0.15) is 13.8 Å². The minimum Gasteiger partial charge on any atom is -0.370 e. The highest BCUT2D eigenvalue weighted by Gasteiger charge is 2.21. The van der Waals surface area contributed by atoms with E-state index in [-0.39, 0.29) is 0 Å². The molecule has 2 heterocycles. The second kappa shape index (κ2) is 9.92. The number of nitrogens with one attached hydrogen (secondary N) is 1. The number of benzene rings is 1. The Bertz CT molecular complexity index is 727. The van der Waals surface area contributed by atoms with Crippen molar-refractivity contribution >= 4 is 17.6 Å². The number of anilines is 2. The highest BCUT2D eigenvalue weighted by atomic mass is 15.4. The van der Waals surface area contributed by atoms with Crippen LogP contribution in [-0.2, 0) is 0 Å². The molecule has 1 atom stereocenters. The maximum atomic E-state index is 4.92. The van der Waals surface area contributed by atoms with Crippen LogP contribution in [-0.4, -0.2) is 73.2 Å². The predicted octanol–water partition coefficient (Wildman–Crippen LogP) is 2.09. The van der Waals surface area contributed by atoms with Crippen LogP contribution < -0.4 is 15.1 Å². The van der Waals surface area contributed by atoms with E-state index < -0.39 is 0 Å². The van der Waals surface area contributed by atoms with Gasteiger partial charge in [0, 0.05) is 63.9 Å². The standard InChI is InChI=1S/C21H31N7/c1-4-22-20(25-17-18(2)26(3)19-9-6-5-7-10-19)27-13-15-28(16-14-27)21-23-11-8-12-24-21/h5-12,18H,4,13-17H2,1-3H3,(H,22,25). The minimum absolute atomic E-state index is 0.315. The molecule has 1 aliphatic heterocycles. The molecule has 0 radical (unpaired) electrons. The van der Waals surface area contributed by atoms with Crippen LogP contribution in [0.5, 0.6) is 0 Å². The molecule has 7 nitrogen and oxygen atoms in total. The summed E-state index contributed by atoms with van der Waals surface area (Å²) in [5, 5.41) is 3.45. The molecule has 1 unspecified atom stereocenters. The Labute approximate surface area is 168 Å². The second-order valence-electron chi connectivity index (χ2n) is 7.01. The third kappa shape index (κ3) is 5.12. The van der Waals surface area contributed by atoms with Crippen molar-refractivity contribution in [1.29, 1.82) is 0 Å². The van der Waals surface area contributed by atoms with Gasteiger partial charge in [0.2, 0.25) is 5.95 Å². The van der Waals surface area contributed by atoms with Crippen molar-refractivity contribution in [2.45, 2.75) is 19.9 Å². The van der Waals surface area contributed by atoms with Gasteiger partial charge in [-0.3, -0.25) is 4.99 Å². The van der Waals surface area contributed by atoms with Gasteiger partial charge >= 0.3 is 0 Å². The Hall–Kier alpha value is -2.83. The number of piperazine rings is 1. The van der Waals surface area contributed by atoms with Crippen molar-refractivity contribution in [3.8, 4) is 0 Å². The summed E-state index contributed by atoms with van der Waals surface area (Å²) in [5.41, 5.74) is 1.21. The lowest BCUT2D eigenvalue weighted by Gasteiger charge is -2.36. The van der Waals surface area contributed by atoms with E-state index in [1.54, 1.807) is 12.4 Å². The molecule has 0 spiro atoms. The molecule has 0 bridgehead atoms. The third-order valence-electron chi connectivity index (χ3n) is 5.08. The molecule has 1 saturated heterocycles. The average Bonchev–Trinajstić information content (AvgIpc) is 2.77. The van der Waals surface area contributed by atoms with Crippen LogP contribution in [0.15, 0.2) is 53.8 Å². The van der Waals surface area contributed by atoms with Crippen molar-refractivity contribution < 1.29 is 0 Å². The summed E-state index contributed by atoms with van der Waals surface area (Å²) in [7, 11) is 2.13. The van der Waals surface area contributed by atoms with Gasteiger partial charge in [0.05, 0.1) is 6.54 Å². The molecule has 28 heavy (non-hydrogen) atoms. The van der Waals surface area contributed by atoms with Crippen LogP contribution in [0.2, 0.25) is 0 Å². The van der Waals surface area contributed by atoms with E-state index in [0.717, 1.165) is 51.2 Å². The number of rotatable bonds is 6. The zero-order valence-corrected chi connectivity index (χ0v) is 17.1. The van der Waals surface area contributed by atoms with Gasteiger partial charge in [-0.2, -0.15) is 0 Å². The molecule has 2 aromatic rings. The first kappa shape index (κ1) is 19.9. The van der Waals surface area contributed by atoms with Crippen LogP contribution in [0.3, 0.4) is 0 Å². The van der Waals surface area contributed by atoms with Crippen molar-refractivity contribution in [3.05, 3.63) is 48.8 Å². The number of guanidine groups is 1. The molecule has 0 aliphatic carbocycles. The second-order valence-corrected chi connectivity index (χ2v) is 7.01. The van der Waals surface area contributed by atoms with Crippen molar-refractivity contribution in [1.82, 2.24) is 20.2 Å². The number of likely N-dealkylation sites (N-methyl/N-ethyl adjacent to an activating group) is 1. The number of nitrogens with zero attached hydrogens (tertiary/aromatic N) is 6. The summed E-state index contributed by atoms with van der Waals surface area (Å²) in [6.07, 6.45) is 3.59. The summed E-state index contributed by atoms with van der Waals surface area (Å²) in [4.78, 5) is 20.5. The number of para-hydroxylation sites is 1. The highest BCUT2D eigenvalue weighted by Crippen LogP contribution is 2.14. The lowest BCUT2D eigenvalue weighted by atomic mass is 10.2. The van der Waals surface area contributed by atoms with E-state index in [0.29, 0.717) is 6.04 Å². The molecule has 7 heteroatoms. The Morgan fingerprint density at radius 1 is 1.11 bits per heavy atom. The molecule has 1 N–H and O–H groups in total. The van der Waals surface area contributed by atoms with E-state index in [9.17, 15) is 0 Å². The number of hydrogen-bond acceptors (Lipinski definition) is 5. The Morgan fingerprint density at radius 2 is 1.79 bits per heavy atom. The molecule has 0 saturated carbocycles. The van der Waals surface area contributed by atoms with Crippen LogP contribution in [0.4, 0.5) is 11.6 Å². The molecule has 3 rings (SSSR count). The number of aliphatic imine (C=N–C) groups is 1. The SMILES string of the molecule is CCNC(=NCC(C)N(C)c1ccccc1)N1CCN(c2ncccn2)CC1. The predicted molar refractivity (Wildman–Crippen MR) is 116 cm³/mol. The molecule has 150 valence electrons. The maximum Gasteiger partial charge on any atom is 0.225 e. The summed E-state index contributed by atoms with van der Waals surface area (Å²) in [5.74, 6) is 1.80. The zero-order chi connectivity index (χ0) is 19.8. The first-order valence-electron chi connectivity index (χ1n) is 10.0. The van der Waals surface area contributed by atoms with Crippen molar-refractivity contribution in [2.75, 3.05) is 56.1 Å². The monoisotopic (exact) mass is 381 g/mol. The molecule has 1 aromatic carbocycles.